The minimum Gasteiger partial charge on any atom is -0.392 e. The average molecular weight is 200 g/mol. The number of thiocarbonyl (C=S) groups is 1. The van der Waals surface area contributed by atoms with Crippen LogP contribution in [0, 0.1) is 5.92 Å². The van der Waals surface area contributed by atoms with Crippen molar-refractivity contribution < 1.29 is 4.79 Å². The van der Waals surface area contributed by atoms with Crippen molar-refractivity contribution in [1.29, 1.82) is 0 Å². The zero-order chi connectivity index (χ0) is 9.84. The first-order valence-corrected chi connectivity index (χ1v) is 5.05. The lowest BCUT2D eigenvalue weighted by Gasteiger charge is -2.19. The summed E-state index contributed by atoms with van der Waals surface area (Å²) in [4.78, 5) is 13.7. The molecule has 13 heavy (non-hydrogen) atoms. The van der Waals surface area contributed by atoms with E-state index in [2.05, 4.69) is 0 Å². The van der Waals surface area contributed by atoms with Crippen LogP contribution in [0.25, 0.3) is 0 Å². The zero-order valence-electron chi connectivity index (χ0n) is 7.95. The molecule has 74 valence electrons. The summed E-state index contributed by atoms with van der Waals surface area (Å²) in [5.74, 6) is 0.421. The monoisotopic (exact) mass is 200 g/mol. The average Bonchev–Trinajstić information content (AvgIpc) is 2.53. The van der Waals surface area contributed by atoms with Gasteiger partial charge in [0.25, 0.3) is 0 Å². The normalized spacial score (nSPS) is 17.3. The third-order valence-corrected chi connectivity index (χ3v) is 2.60. The van der Waals surface area contributed by atoms with Crippen molar-refractivity contribution >= 4 is 23.1 Å². The maximum atomic E-state index is 11.7. The molecule has 0 unspecified atom stereocenters. The van der Waals surface area contributed by atoms with E-state index in [1.54, 1.807) is 11.9 Å². The van der Waals surface area contributed by atoms with Crippen LogP contribution in [0.15, 0.2) is 0 Å². The van der Waals surface area contributed by atoms with Crippen molar-refractivity contribution in [1.82, 2.24) is 4.90 Å². The Bertz CT molecular complexity index is 212. The fraction of sp³-hybridized carbons (Fsp3) is 0.778. The van der Waals surface area contributed by atoms with Crippen LogP contribution in [0.5, 0.6) is 0 Å². The molecular formula is C9H16N2OS. The second-order valence-corrected chi connectivity index (χ2v) is 4.17. The lowest BCUT2D eigenvalue weighted by atomic mass is 10.1. The lowest BCUT2D eigenvalue weighted by molar-refractivity contribution is -0.133. The third-order valence-electron chi connectivity index (χ3n) is 2.47. The predicted molar refractivity (Wildman–Crippen MR) is 56.4 cm³/mol. The summed E-state index contributed by atoms with van der Waals surface area (Å²) in [6.07, 6.45) is 4.41. The Morgan fingerprint density at radius 3 is 2.54 bits per heavy atom. The van der Waals surface area contributed by atoms with Crippen molar-refractivity contribution in [3.8, 4) is 0 Å². The SMILES string of the molecule is CN(CC(N)=S)C(=O)C1CCCC1. The van der Waals surface area contributed by atoms with Crippen LogP contribution in [0.3, 0.4) is 0 Å². The molecule has 0 aromatic rings. The van der Waals surface area contributed by atoms with Gasteiger partial charge in [0.15, 0.2) is 0 Å². The van der Waals surface area contributed by atoms with Gasteiger partial charge in [0.05, 0.1) is 11.5 Å². The molecule has 1 amide bonds. The van der Waals surface area contributed by atoms with Crippen LogP contribution in [0.2, 0.25) is 0 Å². The molecule has 1 aliphatic carbocycles. The smallest absolute Gasteiger partial charge is 0.225 e. The van der Waals surface area contributed by atoms with Gasteiger partial charge < -0.3 is 10.6 Å². The maximum absolute atomic E-state index is 11.7. The number of likely N-dealkylation sites (N-methyl/N-ethyl adjacent to an activating group) is 1. The molecular weight excluding hydrogens is 184 g/mol. The second kappa shape index (κ2) is 4.56. The Morgan fingerprint density at radius 1 is 1.54 bits per heavy atom. The number of hydrogen-bond acceptors (Lipinski definition) is 2. The van der Waals surface area contributed by atoms with E-state index in [0.29, 0.717) is 11.5 Å². The van der Waals surface area contributed by atoms with Crippen molar-refractivity contribution in [3.05, 3.63) is 0 Å². The van der Waals surface area contributed by atoms with Gasteiger partial charge in [-0.15, -0.1) is 0 Å². The summed E-state index contributed by atoms with van der Waals surface area (Å²) in [5, 5.41) is 0. The number of nitrogens with two attached hydrogens (primary N) is 1. The van der Waals surface area contributed by atoms with E-state index in [0.717, 1.165) is 12.8 Å². The first kappa shape index (κ1) is 10.4. The highest BCUT2D eigenvalue weighted by molar-refractivity contribution is 7.80. The molecule has 1 aliphatic rings. The van der Waals surface area contributed by atoms with Gasteiger partial charge in [0, 0.05) is 13.0 Å². The van der Waals surface area contributed by atoms with Crippen molar-refractivity contribution in [2.45, 2.75) is 25.7 Å². The van der Waals surface area contributed by atoms with Gasteiger partial charge in [-0.1, -0.05) is 25.1 Å². The highest BCUT2D eigenvalue weighted by atomic mass is 32.1. The fourth-order valence-electron chi connectivity index (χ4n) is 1.80. The molecule has 1 fully saturated rings. The molecule has 3 nitrogen and oxygen atoms in total. The quantitative estimate of drug-likeness (QED) is 0.689. The van der Waals surface area contributed by atoms with Crippen molar-refractivity contribution in [3.63, 3.8) is 0 Å². The molecule has 4 heteroatoms. The van der Waals surface area contributed by atoms with Crippen LogP contribution in [0.4, 0.5) is 0 Å². The largest absolute Gasteiger partial charge is 0.392 e. The Balaban J connectivity index is 2.41. The number of carbonyl (C=O) groups excluding carboxylic acids is 1. The fourth-order valence-corrected chi connectivity index (χ4v) is 1.99. The molecule has 1 saturated carbocycles. The molecule has 0 atom stereocenters. The first-order valence-electron chi connectivity index (χ1n) is 4.64. The van der Waals surface area contributed by atoms with Gasteiger partial charge in [-0.3, -0.25) is 4.79 Å². The number of nitrogens with zero attached hydrogens (tertiary/aromatic N) is 1. The highest BCUT2D eigenvalue weighted by Gasteiger charge is 2.25. The van der Waals surface area contributed by atoms with Gasteiger partial charge in [-0.25, -0.2) is 0 Å². The van der Waals surface area contributed by atoms with Crippen LogP contribution in [-0.4, -0.2) is 29.4 Å². The molecule has 0 heterocycles. The van der Waals surface area contributed by atoms with Crippen molar-refractivity contribution in [2.75, 3.05) is 13.6 Å². The number of carbonyl (C=O) groups is 1. The van der Waals surface area contributed by atoms with Gasteiger partial charge in [0.2, 0.25) is 5.91 Å². The minimum absolute atomic E-state index is 0.199. The molecule has 0 spiro atoms. The van der Waals surface area contributed by atoms with Gasteiger partial charge >= 0.3 is 0 Å². The van der Waals surface area contributed by atoms with Gasteiger partial charge in [-0.05, 0) is 12.8 Å². The standard InChI is InChI=1S/C9H16N2OS/c1-11(6-8(10)13)9(12)7-4-2-3-5-7/h7H,2-6H2,1H3,(H2,10,13). The minimum atomic E-state index is 0.199. The van der Waals surface area contributed by atoms with E-state index in [9.17, 15) is 4.79 Å². The van der Waals surface area contributed by atoms with E-state index in [1.807, 2.05) is 0 Å². The van der Waals surface area contributed by atoms with E-state index in [1.165, 1.54) is 12.8 Å². The Kier molecular flexibility index (Phi) is 3.66. The number of rotatable bonds is 3. The molecule has 0 saturated heterocycles. The van der Waals surface area contributed by atoms with Crippen LogP contribution < -0.4 is 5.73 Å². The first-order chi connectivity index (χ1) is 6.11. The third kappa shape index (κ3) is 2.95. The zero-order valence-corrected chi connectivity index (χ0v) is 8.77. The summed E-state index contributed by atoms with van der Waals surface area (Å²) >= 11 is 4.75. The van der Waals surface area contributed by atoms with Crippen molar-refractivity contribution in [2.24, 2.45) is 11.7 Å². The van der Waals surface area contributed by atoms with E-state index < -0.39 is 0 Å². The molecule has 0 bridgehead atoms. The topological polar surface area (TPSA) is 46.3 Å². The van der Waals surface area contributed by atoms with E-state index in [-0.39, 0.29) is 11.8 Å². The highest BCUT2D eigenvalue weighted by Crippen LogP contribution is 2.25. The summed E-state index contributed by atoms with van der Waals surface area (Å²) in [6.45, 7) is 0.407. The predicted octanol–water partition coefficient (Wildman–Crippen LogP) is 0.921. The maximum Gasteiger partial charge on any atom is 0.225 e. The molecule has 0 radical (unpaired) electrons. The molecule has 0 aromatic carbocycles. The molecule has 1 rings (SSSR count). The summed E-state index contributed by atoms with van der Waals surface area (Å²) in [7, 11) is 1.76. The summed E-state index contributed by atoms with van der Waals surface area (Å²) < 4.78 is 0. The van der Waals surface area contributed by atoms with Crippen LogP contribution in [-0.2, 0) is 4.79 Å². The molecule has 0 aliphatic heterocycles. The number of amides is 1. The lowest BCUT2D eigenvalue weighted by Crippen LogP contribution is -2.37. The Hall–Kier alpha value is -0.640. The number of hydrogen-bond donors (Lipinski definition) is 1. The van der Waals surface area contributed by atoms with E-state index in [4.69, 9.17) is 18.0 Å². The Labute approximate surface area is 84.3 Å². The van der Waals surface area contributed by atoms with Crippen LogP contribution >= 0.6 is 12.2 Å². The molecule has 2 N–H and O–H groups in total. The van der Waals surface area contributed by atoms with Gasteiger partial charge in [0.1, 0.15) is 0 Å². The summed E-state index contributed by atoms with van der Waals surface area (Å²) in [5.41, 5.74) is 5.37. The van der Waals surface area contributed by atoms with Crippen LogP contribution in [0.1, 0.15) is 25.7 Å². The van der Waals surface area contributed by atoms with Gasteiger partial charge in [-0.2, -0.15) is 0 Å². The molecule has 0 aromatic heterocycles. The summed E-state index contributed by atoms with van der Waals surface area (Å²) in [6, 6.07) is 0. The second-order valence-electron chi connectivity index (χ2n) is 3.64. The van der Waals surface area contributed by atoms with E-state index >= 15 is 0 Å². The Morgan fingerprint density at radius 2 is 2.08 bits per heavy atom.